The number of fused-ring (bicyclic) bond motifs is 1. The second-order valence-electron chi connectivity index (χ2n) is 5.09. The van der Waals surface area contributed by atoms with Gasteiger partial charge in [0.25, 0.3) is 5.91 Å². The molecule has 7 heteroatoms. The lowest BCUT2D eigenvalue weighted by Crippen LogP contribution is -2.33. The number of carbonyl (C=O) groups excluding carboxylic acids is 1. The third-order valence-electron chi connectivity index (χ3n) is 3.68. The van der Waals surface area contributed by atoms with Crippen molar-refractivity contribution in [1.82, 2.24) is 0 Å². The number of halogens is 5. The van der Waals surface area contributed by atoms with Crippen molar-refractivity contribution in [2.75, 3.05) is 11.4 Å². The first-order chi connectivity index (χ1) is 10.2. The first-order valence-corrected chi connectivity index (χ1v) is 7.26. The number of amides is 1. The fourth-order valence-electron chi connectivity index (χ4n) is 2.65. The zero-order chi connectivity index (χ0) is 16.1. The third kappa shape index (κ3) is 2.42. The molecule has 1 amide bonds. The molecule has 2 nitrogen and oxygen atoms in total. The highest BCUT2D eigenvalue weighted by atomic mass is 35.5. The molecule has 22 heavy (non-hydrogen) atoms. The van der Waals surface area contributed by atoms with Gasteiger partial charge < -0.3 is 4.90 Å². The summed E-state index contributed by atoms with van der Waals surface area (Å²) in [5, 5.41) is 0.955. The van der Waals surface area contributed by atoms with E-state index in [4.69, 9.17) is 23.2 Å². The summed E-state index contributed by atoms with van der Waals surface area (Å²) in [6, 6.07) is 8.95. The molecule has 2 aromatic carbocycles. The normalized spacial score (nSPS) is 18.2. The average molecular weight is 348 g/mol. The molecule has 116 valence electrons. The number of hydrogen-bond donors (Lipinski definition) is 0. The van der Waals surface area contributed by atoms with Crippen molar-refractivity contribution in [3.63, 3.8) is 0 Å². The molecule has 1 aliphatic heterocycles. The number of rotatable bonds is 1. The van der Waals surface area contributed by atoms with E-state index in [1.807, 2.05) is 0 Å². The zero-order valence-electron chi connectivity index (χ0n) is 11.1. The van der Waals surface area contributed by atoms with Gasteiger partial charge in [0.2, 0.25) is 0 Å². The fraction of sp³-hybridized carbons (Fsp3) is 0.267. The summed E-state index contributed by atoms with van der Waals surface area (Å²) in [6.45, 7) is 0.0446. The van der Waals surface area contributed by atoms with Crippen LogP contribution in [0.5, 0.6) is 0 Å². The quantitative estimate of drug-likeness (QED) is 0.680. The third-order valence-corrected chi connectivity index (χ3v) is 4.38. The molecular weight excluding hydrogens is 338 g/mol. The lowest BCUT2D eigenvalue weighted by molar-refractivity contribution is -0.137. The van der Waals surface area contributed by atoms with E-state index in [9.17, 15) is 18.0 Å². The Balaban J connectivity index is 2.29. The Hall–Kier alpha value is -1.46. The molecular formula is C15H10Cl2F3NO. The van der Waals surface area contributed by atoms with E-state index >= 15 is 0 Å². The minimum atomic E-state index is -4.58. The van der Waals surface area contributed by atoms with Crippen LogP contribution in [0.25, 0.3) is 10.8 Å². The molecule has 2 aromatic rings. The Morgan fingerprint density at radius 1 is 1.09 bits per heavy atom. The molecule has 1 heterocycles. The van der Waals surface area contributed by atoms with Gasteiger partial charge in [-0.15, -0.1) is 0 Å². The number of alkyl halides is 5. The van der Waals surface area contributed by atoms with Crippen LogP contribution in [0.3, 0.4) is 0 Å². The number of carbonyl (C=O) groups is 1. The van der Waals surface area contributed by atoms with Crippen LogP contribution in [-0.2, 0) is 11.0 Å². The Morgan fingerprint density at radius 3 is 2.36 bits per heavy atom. The molecule has 0 spiro atoms. The van der Waals surface area contributed by atoms with Gasteiger partial charge in [-0.05, 0) is 11.5 Å². The van der Waals surface area contributed by atoms with Crippen molar-refractivity contribution in [3.05, 3.63) is 42.0 Å². The Kier molecular flexibility index (Phi) is 3.53. The van der Waals surface area contributed by atoms with Crippen LogP contribution in [0.4, 0.5) is 18.9 Å². The topological polar surface area (TPSA) is 20.3 Å². The van der Waals surface area contributed by atoms with E-state index in [0.29, 0.717) is 10.8 Å². The molecule has 1 saturated heterocycles. The van der Waals surface area contributed by atoms with Crippen LogP contribution < -0.4 is 4.90 Å². The maximum absolute atomic E-state index is 13.3. The van der Waals surface area contributed by atoms with Gasteiger partial charge in [0.1, 0.15) is 0 Å². The highest BCUT2D eigenvalue weighted by Crippen LogP contribution is 2.45. The van der Waals surface area contributed by atoms with Crippen molar-refractivity contribution >= 4 is 45.6 Å². The van der Waals surface area contributed by atoms with Gasteiger partial charge in [0.05, 0.1) is 11.3 Å². The minimum absolute atomic E-state index is 0.0446. The van der Waals surface area contributed by atoms with Crippen LogP contribution in [-0.4, -0.2) is 16.8 Å². The Morgan fingerprint density at radius 2 is 1.77 bits per heavy atom. The molecule has 0 unspecified atom stereocenters. The fourth-order valence-corrected chi connectivity index (χ4v) is 3.02. The molecule has 0 saturated carbocycles. The molecule has 3 rings (SSSR count). The summed E-state index contributed by atoms with van der Waals surface area (Å²) in [5.41, 5.74) is -1.05. The van der Waals surface area contributed by atoms with Gasteiger partial charge in [-0.2, -0.15) is 13.2 Å². The van der Waals surface area contributed by atoms with Gasteiger partial charge in [-0.25, -0.2) is 0 Å². The van der Waals surface area contributed by atoms with E-state index < -0.39 is 22.0 Å². The van der Waals surface area contributed by atoms with Crippen molar-refractivity contribution in [2.45, 2.75) is 16.9 Å². The Bertz CT molecular complexity index is 758. The van der Waals surface area contributed by atoms with E-state index in [2.05, 4.69) is 0 Å². The summed E-state index contributed by atoms with van der Waals surface area (Å²) < 4.78 is 38.4. The van der Waals surface area contributed by atoms with Crippen LogP contribution >= 0.6 is 23.2 Å². The standard InChI is InChI=1S/C15H10Cl2F3NO/c16-14(17)7-8-21(13(14)22)12-10-4-2-1-3-9(10)5-6-11(12)15(18,19)20/h1-6H,7-8H2. The molecule has 0 bridgehead atoms. The number of benzene rings is 2. The first-order valence-electron chi connectivity index (χ1n) is 6.50. The van der Waals surface area contributed by atoms with E-state index in [0.717, 1.165) is 11.0 Å². The number of anilines is 1. The molecule has 0 aromatic heterocycles. The number of hydrogen-bond acceptors (Lipinski definition) is 1. The van der Waals surface area contributed by atoms with Crippen molar-refractivity contribution in [1.29, 1.82) is 0 Å². The largest absolute Gasteiger partial charge is 0.418 e. The highest BCUT2D eigenvalue weighted by molar-refractivity contribution is 6.60. The van der Waals surface area contributed by atoms with Crippen molar-refractivity contribution < 1.29 is 18.0 Å². The molecule has 0 radical (unpaired) electrons. The predicted molar refractivity (Wildman–Crippen MR) is 80.4 cm³/mol. The van der Waals surface area contributed by atoms with Crippen molar-refractivity contribution in [2.24, 2.45) is 0 Å². The van der Waals surface area contributed by atoms with Gasteiger partial charge in [-0.3, -0.25) is 4.79 Å². The van der Waals surface area contributed by atoms with Gasteiger partial charge in [0, 0.05) is 18.4 Å². The van der Waals surface area contributed by atoms with Crippen molar-refractivity contribution in [3.8, 4) is 0 Å². The Labute approximate surface area is 134 Å². The molecule has 0 atom stereocenters. The molecule has 0 N–H and O–H groups in total. The second kappa shape index (κ2) is 5.03. The van der Waals surface area contributed by atoms with Crippen LogP contribution in [0.1, 0.15) is 12.0 Å². The molecule has 1 fully saturated rings. The summed E-state index contributed by atoms with van der Waals surface area (Å²) >= 11 is 11.7. The lowest BCUT2D eigenvalue weighted by Gasteiger charge is -2.24. The molecule has 0 aliphatic carbocycles. The van der Waals surface area contributed by atoms with Crippen LogP contribution in [0.2, 0.25) is 0 Å². The van der Waals surface area contributed by atoms with Gasteiger partial charge >= 0.3 is 6.18 Å². The SMILES string of the molecule is O=C1N(c2c(C(F)(F)F)ccc3ccccc23)CCC1(Cl)Cl. The predicted octanol–water partition coefficient (Wildman–Crippen LogP) is 4.77. The lowest BCUT2D eigenvalue weighted by atomic mass is 10.0. The van der Waals surface area contributed by atoms with Gasteiger partial charge in [-0.1, -0.05) is 53.5 Å². The van der Waals surface area contributed by atoms with Crippen LogP contribution in [0, 0.1) is 0 Å². The van der Waals surface area contributed by atoms with E-state index in [-0.39, 0.29) is 18.7 Å². The summed E-state index contributed by atoms with van der Waals surface area (Å²) in [6.07, 6.45) is -4.50. The minimum Gasteiger partial charge on any atom is -0.308 e. The first kappa shape index (κ1) is 15.4. The smallest absolute Gasteiger partial charge is 0.308 e. The average Bonchev–Trinajstić information content (AvgIpc) is 2.71. The van der Waals surface area contributed by atoms with Gasteiger partial charge in [0.15, 0.2) is 4.33 Å². The zero-order valence-corrected chi connectivity index (χ0v) is 12.6. The second-order valence-corrected chi connectivity index (χ2v) is 6.58. The van der Waals surface area contributed by atoms with Crippen LogP contribution in [0.15, 0.2) is 36.4 Å². The summed E-state index contributed by atoms with van der Waals surface area (Å²) in [5.74, 6) is -0.724. The number of nitrogens with zero attached hydrogens (tertiary/aromatic N) is 1. The summed E-state index contributed by atoms with van der Waals surface area (Å²) in [7, 11) is 0. The maximum Gasteiger partial charge on any atom is 0.418 e. The van der Waals surface area contributed by atoms with E-state index in [1.54, 1.807) is 24.3 Å². The highest BCUT2D eigenvalue weighted by Gasteiger charge is 2.47. The summed E-state index contributed by atoms with van der Waals surface area (Å²) in [4.78, 5) is 13.3. The van der Waals surface area contributed by atoms with E-state index in [1.165, 1.54) is 6.07 Å². The maximum atomic E-state index is 13.3. The molecule has 1 aliphatic rings. The monoisotopic (exact) mass is 347 g/mol.